The van der Waals surface area contributed by atoms with Gasteiger partial charge in [0.15, 0.2) is 17.3 Å². The summed E-state index contributed by atoms with van der Waals surface area (Å²) in [4.78, 5) is 0. The van der Waals surface area contributed by atoms with Crippen LogP contribution in [0.1, 0.15) is 5.56 Å². The zero-order valence-corrected chi connectivity index (χ0v) is 15.3. The number of halogens is 2. The molecule has 25 heavy (non-hydrogen) atoms. The number of methoxy groups -OCH3 is 1. The lowest BCUT2D eigenvalue weighted by Crippen LogP contribution is -1.97. The SMILES string of the molecule is COc1cc(C=Nn2c(-c3ccccc3F)n[nH]c2=S)cc(Br)c1O. The lowest BCUT2D eigenvalue weighted by molar-refractivity contribution is 0.372. The maximum Gasteiger partial charge on any atom is 0.216 e. The van der Waals surface area contributed by atoms with Crippen LogP contribution in [0, 0.1) is 10.6 Å². The number of aromatic nitrogens is 3. The van der Waals surface area contributed by atoms with Gasteiger partial charge in [0, 0.05) is 0 Å². The van der Waals surface area contributed by atoms with Gasteiger partial charge in [0.2, 0.25) is 4.77 Å². The standard InChI is InChI=1S/C16H12BrFN4O2S/c1-24-13-7-9(6-11(17)14(13)23)8-19-22-15(20-21-16(22)25)10-4-2-3-5-12(10)18/h2-8,23H,1H3,(H,21,25). The molecule has 0 bridgehead atoms. The Morgan fingerprint density at radius 2 is 2.16 bits per heavy atom. The second kappa shape index (κ2) is 7.16. The third-order valence-corrected chi connectivity index (χ3v) is 4.23. The Hall–Kier alpha value is -2.52. The highest BCUT2D eigenvalue weighted by atomic mass is 79.9. The maximum absolute atomic E-state index is 14.0. The highest BCUT2D eigenvalue weighted by Crippen LogP contribution is 2.34. The number of phenolic OH excluding ortho intramolecular Hbond substituents is 1. The molecule has 0 aliphatic carbocycles. The molecule has 0 atom stereocenters. The average Bonchev–Trinajstić information content (AvgIpc) is 2.96. The molecule has 0 unspecified atom stereocenters. The van der Waals surface area contributed by atoms with E-state index < -0.39 is 5.82 Å². The van der Waals surface area contributed by atoms with Gasteiger partial charge in [-0.1, -0.05) is 12.1 Å². The van der Waals surface area contributed by atoms with Crippen molar-refractivity contribution in [2.75, 3.05) is 7.11 Å². The van der Waals surface area contributed by atoms with Crippen LogP contribution < -0.4 is 4.74 Å². The zero-order chi connectivity index (χ0) is 18.0. The third kappa shape index (κ3) is 3.47. The van der Waals surface area contributed by atoms with Gasteiger partial charge in [0.1, 0.15) is 5.82 Å². The number of ether oxygens (including phenoxy) is 1. The van der Waals surface area contributed by atoms with Crippen LogP contribution in [0.2, 0.25) is 0 Å². The van der Waals surface area contributed by atoms with Crippen LogP contribution in [0.5, 0.6) is 11.5 Å². The van der Waals surface area contributed by atoms with Crippen molar-refractivity contribution in [2.45, 2.75) is 0 Å². The molecule has 3 rings (SSSR count). The second-order valence-electron chi connectivity index (χ2n) is 4.94. The fourth-order valence-corrected chi connectivity index (χ4v) is 2.80. The van der Waals surface area contributed by atoms with Gasteiger partial charge in [0.05, 0.1) is 23.4 Å². The molecule has 2 aromatic carbocycles. The van der Waals surface area contributed by atoms with Crippen LogP contribution >= 0.6 is 28.1 Å². The van der Waals surface area contributed by atoms with E-state index in [1.54, 1.807) is 30.3 Å². The third-order valence-electron chi connectivity index (χ3n) is 3.36. The van der Waals surface area contributed by atoms with Gasteiger partial charge in [-0.25, -0.2) is 9.49 Å². The summed E-state index contributed by atoms with van der Waals surface area (Å²) >= 11 is 8.41. The molecule has 0 spiro atoms. The second-order valence-corrected chi connectivity index (χ2v) is 6.18. The van der Waals surface area contributed by atoms with Gasteiger partial charge >= 0.3 is 0 Å². The number of nitrogens with one attached hydrogen (secondary N) is 1. The van der Waals surface area contributed by atoms with Crippen LogP contribution in [0.3, 0.4) is 0 Å². The number of H-pyrrole nitrogens is 1. The van der Waals surface area contributed by atoms with E-state index >= 15 is 0 Å². The van der Waals surface area contributed by atoms with Crippen molar-refractivity contribution in [3.8, 4) is 22.9 Å². The van der Waals surface area contributed by atoms with Crippen molar-refractivity contribution in [3.63, 3.8) is 0 Å². The molecule has 0 saturated heterocycles. The molecular weight excluding hydrogens is 411 g/mol. The maximum atomic E-state index is 14.0. The number of aromatic amines is 1. The highest BCUT2D eigenvalue weighted by molar-refractivity contribution is 9.10. The van der Waals surface area contributed by atoms with E-state index in [0.717, 1.165) is 0 Å². The Morgan fingerprint density at radius 1 is 1.40 bits per heavy atom. The van der Waals surface area contributed by atoms with E-state index in [4.69, 9.17) is 17.0 Å². The van der Waals surface area contributed by atoms with Crippen molar-refractivity contribution in [1.82, 2.24) is 14.9 Å². The molecule has 0 fully saturated rings. The van der Waals surface area contributed by atoms with Gasteiger partial charge in [0.25, 0.3) is 0 Å². The number of nitrogens with zero attached hydrogens (tertiary/aromatic N) is 3. The van der Waals surface area contributed by atoms with Crippen LogP contribution in [-0.2, 0) is 0 Å². The van der Waals surface area contributed by atoms with E-state index in [0.29, 0.717) is 15.8 Å². The van der Waals surface area contributed by atoms with E-state index in [1.807, 2.05) is 0 Å². The first-order chi connectivity index (χ1) is 12.0. The number of hydrogen-bond acceptors (Lipinski definition) is 5. The number of hydrogen-bond donors (Lipinski definition) is 2. The zero-order valence-electron chi connectivity index (χ0n) is 12.9. The first-order valence-electron chi connectivity index (χ1n) is 7.04. The molecular formula is C16H12BrFN4O2S. The van der Waals surface area contributed by atoms with Crippen molar-refractivity contribution >= 4 is 34.4 Å². The molecule has 0 amide bonds. The average molecular weight is 423 g/mol. The smallest absolute Gasteiger partial charge is 0.216 e. The Labute approximate surface area is 155 Å². The van der Waals surface area contributed by atoms with Crippen molar-refractivity contribution < 1.29 is 14.2 Å². The largest absolute Gasteiger partial charge is 0.503 e. The van der Waals surface area contributed by atoms with Crippen molar-refractivity contribution in [1.29, 1.82) is 0 Å². The van der Waals surface area contributed by atoms with Gasteiger partial charge in [-0.15, -0.1) is 0 Å². The summed E-state index contributed by atoms with van der Waals surface area (Å²) in [5.41, 5.74) is 0.917. The van der Waals surface area contributed by atoms with Gasteiger partial charge in [-0.05, 0) is 58.0 Å². The predicted octanol–water partition coefficient (Wildman–Crippen LogP) is 4.11. The number of rotatable bonds is 4. The summed E-state index contributed by atoms with van der Waals surface area (Å²) in [6.45, 7) is 0. The minimum atomic E-state index is -0.429. The fourth-order valence-electron chi connectivity index (χ4n) is 2.16. The number of phenols is 1. The molecule has 1 aromatic heterocycles. The number of aromatic hydroxyl groups is 1. The molecule has 0 aliphatic rings. The monoisotopic (exact) mass is 422 g/mol. The summed E-state index contributed by atoms with van der Waals surface area (Å²) < 4.78 is 21.1. The molecule has 0 saturated carbocycles. The summed E-state index contributed by atoms with van der Waals surface area (Å²) in [5.74, 6) is 0.110. The minimum absolute atomic E-state index is 0.00776. The van der Waals surface area contributed by atoms with Gasteiger partial charge < -0.3 is 9.84 Å². The van der Waals surface area contributed by atoms with Crippen LogP contribution in [0.4, 0.5) is 4.39 Å². The quantitative estimate of drug-likeness (QED) is 0.490. The Morgan fingerprint density at radius 3 is 2.88 bits per heavy atom. The van der Waals surface area contributed by atoms with E-state index in [-0.39, 0.29) is 21.9 Å². The fraction of sp³-hybridized carbons (Fsp3) is 0.0625. The predicted molar refractivity (Wildman–Crippen MR) is 98.2 cm³/mol. The Bertz CT molecular complexity index is 1020. The Balaban J connectivity index is 2.04. The summed E-state index contributed by atoms with van der Waals surface area (Å²) in [7, 11) is 1.45. The molecule has 3 aromatic rings. The van der Waals surface area contributed by atoms with Crippen LogP contribution in [0.15, 0.2) is 46.0 Å². The minimum Gasteiger partial charge on any atom is -0.503 e. The number of benzene rings is 2. The summed E-state index contributed by atoms with van der Waals surface area (Å²) in [5, 5.41) is 20.8. The first-order valence-corrected chi connectivity index (χ1v) is 8.24. The molecule has 0 aliphatic heterocycles. The summed E-state index contributed by atoms with van der Waals surface area (Å²) in [6, 6.07) is 9.49. The summed E-state index contributed by atoms with van der Waals surface area (Å²) in [6.07, 6.45) is 1.50. The topological polar surface area (TPSA) is 75.4 Å². The molecule has 128 valence electrons. The molecule has 6 nitrogen and oxygen atoms in total. The molecule has 1 heterocycles. The van der Waals surface area contributed by atoms with E-state index in [1.165, 1.54) is 24.1 Å². The van der Waals surface area contributed by atoms with Crippen LogP contribution in [-0.4, -0.2) is 33.3 Å². The molecule has 9 heteroatoms. The van der Waals surface area contributed by atoms with Crippen molar-refractivity contribution in [2.24, 2.45) is 5.10 Å². The molecule has 0 radical (unpaired) electrons. The highest BCUT2D eigenvalue weighted by Gasteiger charge is 2.12. The molecule has 2 N–H and O–H groups in total. The van der Waals surface area contributed by atoms with Crippen LogP contribution in [0.25, 0.3) is 11.4 Å². The normalized spacial score (nSPS) is 11.2. The lowest BCUT2D eigenvalue weighted by Gasteiger charge is -2.06. The van der Waals surface area contributed by atoms with Gasteiger partial charge in [-0.2, -0.15) is 14.9 Å². The van der Waals surface area contributed by atoms with Crippen molar-refractivity contribution in [3.05, 3.63) is 57.0 Å². The van der Waals surface area contributed by atoms with E-state index in [9.17, 15) is 9.50 Å². The van der Waals surface area contributed by atoms with E-state index in [2.05, 4.69) is 31.2 Å². The first kappa shape index (κ1) is 17.3. The van der Waals surface area contributed by atoms with Gasteiger partial charge in [-0.3, -0.25) is 0 Å². The lowest BCUT2D eigenvalue weighted by atomic mass is 10.2. The Kier molecular flexibility index (Phi) is 4.95.